The van der Waals surface area contributed by atoms with E-state index in [4.69, 9.17) is 5.84 Å². The number of rotatable bonds is 4. The summed E-state index contributed by atoms with van der Waals surface area (Å²) in [6, 6.07) is -0.788. The maximum atomic E-state index is 12.6. The lowest BCUT2D eigenvalue weighted by Crippen LogP contribution is -2.50. The Morgan fingerprint density at radius 2 is 2.17 bits per heavy atom. The van der Waals surface area contributed by atoms with Crippen molar-refractivity contribution in [2.45, 2.75) is 39.2 Å². The van der Waals surface area contributed by atoms with Gasteiger partial charge in [0.25, 0.3) is 0 Å². The maximum absolute atomic E-state index is 12.6. The van der Waals surface area contributed by atoms with E-state index in [1.165, 1.54) is 13.8 Å². The molecule has 1 aromatic heterocycles. The van der Waals surface area contributed by atoms with Crippen LogP contribution in [0.25, 0.3) is 0 Å². The molecule has 0 bridgehead atoms. The van der Waals surface area contributed by atoms with Crippen molar-refractivity contribution in [1.82, 2.24) is 19.8 Å². The molecule has 0 aromatic carbocycles. The third-order valence-electron chi connectivity index (χ3n) is 2.33. The monoisotopic (exact) mass is 259 g/mol. The third-order valence-corrected chi connectivity index (χ3v) is 2.33. The van der Waals surface area contributed by atoms with E-state index in [0.29, 0.717) is 16.9 Å². The number of nitrogen functional groups attached to an aromatic ring is 1. The summed E-state index contributed by atoms with van der Waals surface area (Å²) in [7, 11) is 0. The molecule has 0 aliphatic heterocycles. The quantitative estimate of drug-likeness (QED) is 0.745. The van der Waals surface area contributed by atoms with E-state index in [2.05, 4.69) is 10.4 Å². The Bertz CT molecular complexity index is 491. The normalized spacial score (nSPS) is 11.6. The van der Waals surface area contributed by atoms with E-state index in [9.17, 15) is 14.0 Å². The molecule has 3 N–H and O–H groups in total. The third kappa shape index (κ3) is 2.88. The van der Waals surface area contributed by atoms with Gasteiger partial charge < -0.3 is 11.2 Å². The van der Waals surface area contributed by atoms with Crippen molar-refractivity contribution in [2.24, 2.45) is 0 Å². The summed E-state index contributed by atoms with van der Waals surface area (Å²) in [4.78, 5) is 23.4. The molecule has 1 aromatic rings. The number of aromatic nitrogens is 3. The van der Waals surface area contributed by atoms with Crippen molar-refractivity contribution in [3.8, 4) is 0 Å². The molecule has 1 heterocycles. The zero-order valence-corrected chi connectivity index (χ0v) is 10.7. The van der Waals surface area contributed by atoms with Crippen molar-refractivity contribution in [3.63, 3.8) is 0 Å². The minimum absolute atomic E-state index is 0.315. The smallest absolute Gasteiger partial charge is 0.333 e. The molecule has 1 amide bonds. The molecule has 0 fully saturated rings. The first-order valence-electron chi connectivity index (χ1n) is 5.67. The fraction of sp³-hybridized carbons (Fsp3) is 0.700. The van der Waals surface area contributed by atoms with Gasteiger partial charge in [0.15, 0.2) is 5.82 Å². The second-order valence-electron chi connectivity index (χ2n) is 4.68. The van der Waals surface area contributed by atoms with Crippen LogP contribution < -0.4 is 16.8 Å². The highest BCUT2D eigenvalue weighted by atomic mass is 19.1. The van der Waals surface area contributed by atoms with Crippen molar-refractivity contribution < 1.29 is 9.18 Å². The first-order valence-corrected chi connectivity index (χ1v) is 5.67. The Morgan fingerprint density at radius 1 is 1.56 bits per heavy atom. The SMILES string of the molecule is CCCc1nn(C(=O)NC(C)(C)CF)c(=O)n1N. The summed E-state index contributed by atoms with van der Waals surface area (Å²) in [5.41, 5.74) is -1.80. The molecular weight excluding hydrogens is 241 g/mol. The molecular formula is C10H18FN5O2. The van der Waals surface area contributed by atoms with Crippen molar-refractivity contribution in [2.75, 3.05) is 12.5 Å². The van der Waals surface area contributed by atoms with Gasteiger partial charge in [-0.15, -0.1) is 9.78 Å². The predicted molar refractivity (Wildman–Crippen MR) is 64.6 cm³/mol. The minimum atomic E-state index is -1.06. The molecule has 8 heteroatoms. The van der Waals surface area contributed by atoms with Gasteiger partial charge in [-0.1, -0.05) is 6.92 Å². The Hall–Kier alpha value is -1.86. The van der Waals surface area contributed by atoms with Crippen LogP contribution in [0.15, 0.2) is 4.79 Å². The minimum Gasteiger partial charge on any atom is -0.333 e. The lowest BCUT2D eigenvalue weighted by atomic mass is 10.1. The number of carbonyl (C=O) groups excluding carboxylic acids is 1. The lowest BCUT2D eigenvalue weighted by Gasteiger charge is -2.21. The van der Waals surface area contributed by atoms with Crippen LogP contribution in [0.4, 0.5) is 9.18 Å². The molecule has 1 rings (SSSR count). The van der Waals surface area contributed by atoms with E-state index in [0.717, 1.165) is 11.1 Å². The molecule has 0 saturated carbocycles. The zero-order chi connectivity index (χ0) is 13.9. The van der Waals surface area contributed by atoms with Crippen LogP contribution in [0, 0.1) is 0 Å². The number of carbonyl (C=O) groups is 1. The number of amides is 1. The van der Waals surface area contributed by atoms with Crippen molar-refractivity contribution in [3.05, 3.63) is 16.3 Å². The molecule has 18 heavy (non-hydrogen) atoms. The molecule has 0 radical (unpaired) electrons. The first-order chi connectivity index (χ1) is 8.32. The Labute approximate surface area is 104 Å². The van der Waals surface area contributed by atoms with Gasteiger partial charge in [-0.3, -0.25) is 0 Å². The maximum Gasteiger partial charge on any atom is 0.373 e. The molecule has 102 valence electrons. The van der Waals surface area contributed by atoms with Gasteiger partial charge in [0.2, 0.25) is 0 Å². The summed E-state index contributed by atoms with van der Waals surface area (Å²) < 4.78 is 14.0. The summed E-state index contributed by atoms with van der Waals surface area (Å²) in [6.07, 6.45) is 1.23. The average molecular weight is 259 g/mol. The van der Waals surface area contributed by atoms with Gasteiger partial charge in [-0.05, 0) is 20.3 Å². The highest BCUT2D eigenvalue weighted by Crippen LogP contribution is 2.02. The molecule has 0 saturated heterocycles. The summed E-state index contributed by atoms with van der Waals surface area (Å²) in [5, 5.41) is 6.19. The van der Waals surface area contributed by atoms with Gasteiger partial charge in [0.05, 0.1) is 5.54 Å². The lowest BCUT2D eigenvalue weighted by molar-refractivity contribution is 0.218. The molecule has 0 unspecified atom stereocenters. The topological polar surface area (TPSA) is 94.9 Å². The van der Waals surface area contributed by atoms with Gasteiger partial charge in [-0.25, -0.2) is 14.0 Å². The van der Waals surface area contributed by atoms with Crippen LogP contribution in [-0.2, 0) is 6.42 Å². The number of nitrogens with two attached hydrogens (primary N) is 1. The van der Waals surface area contributed by atoms with Crippen LogP contribution in [0.2, 0.25) is 0 Å². The number of halogens is 1. The molecule has 7 nitrogen and oxygen atoms in total. The molecule has 0 aliphatic rings. The molecule has 0 spiro atoms. The van der Waals surface area contributed by atoms with E-state index < -0.39 is 23.9 Å². The molecule has 0 atom stereocenters. The van der Waals surface area contributed by atoms with E-state index in [-0.39, 0.29) is 0 Å². The van der Waals surface area contributed by atoms with Crippen molar-refractivity contribution >= 4 is 6.03 Å². The van der Waals surface area contributed by atoms with Gasteiger partial charge in [0.1, 0.15) is 6.67 Å². The van der Waals surface area contributed by atoms with E-state index in [1.54, 1.807) is 0 Å². The van der Waals surface area contributed by atoms with Gasteiger partial charge in [-0.2, -0.15) is 4.68 Å². The van der Waals surface area contributed by atoms with Gasteiger partial charge >= 0.3 is 11.7 Å². The highest BCUT2D eigenvalue weighted by molar-refractivity contribution is 5.76. The van der Waals surface area contributed by atoms with Crippen LogP contribution >= 0.6 is 0 Å². The van der Waals surface area contributed by atoms with E-state index in [1.807, 2.05) is 6.92 Å². The van der Waals surface area contributed by atoms with Crippen molar-refractivity contribution in [1.29, 1.82) is 0 Å². The Morgan fingerprint density at radius 3 is 2.67 bits per heavy atom. The largest absolute Gasteiger partial charge is 0.373 e. The summed E-state index contributed by atoms with van der Waals surface area (Å²) in [5.74, 6) is 5.81. The van der Waals surface area contributed by atoms with Crippen LogP contribution in [0.1, 0.15) is 33.0 Å². The standard InChI is InChI=1S/C10H18FN5O2/c1-4-5-7-14-16(9(18)15(7)12)8(17)13-10(2,3)6-11/h4-6,12H2,1-3H3,(H,13,17). The second-order valence-corrected chi connectivity index (χ2v) is 4.68. The number of alkyl halides is 1. The van der Waals surface area contributed by atoms with E-state index >= 15 is 0 Å². The van der Waals surface area contributed by atoms with Crippen LogP contribution in [0.5, 0.6) is 0 Å². The average Bonchev–Trinajstić information content (AvgIpc) is 2.57. The Kier molecular flexibility index (Phi) is 4.10. The number of aryl methyl sites for hydroxylation is 1. The van der Waals surface area contributed by atoms with Crippen LogP contribution in [0.3, 0.4) is 0 Å². The number of hydrogen-bond acceptors (Lipinski definition) is 4. The number of hydrogen-bond donors (Lipinski definition) is 2. The summed E-state index contributed by atoms with van der Waals surface area (Å²) >= 11 is 0. The van der Waals surface area contributed by atoms with Crippen LogP contribution in [-0.4, -0.2) is 32.7 Å². The first kappa shape index (κ1) is 14.2. The van der Waals surface area contributed by atoms with Gasteiger partial charge in [0, 0.05) is 6.42 Å². The number of nitrogens with zero attached hydrogens (tertiary/aromatic N) is 3. The fourth-order valence-corrected chi connectivity index (χ4v) is 1.32. The Balaban J connectivity index is 3.00. The highest BCUT2D eigenvalue weighted by Gasteiger charge is 2.24. The fourth-order valence-electron chi connectivity index (χ4n) is 1.32. The molecule has 0 aliphatic carbocycles. The number of nitrogens with one attached hydrogen (secondary N) is 1. The summed E-state index contributed by atoms with van der Waals surface area (Å²) in [6.45, 7) is 4.15. The second kappa shape index (κ2) is 5.19. The predicted octanol–water partition coefficient (Wildman–Crippen LogP) is 0.0169. The zero-order valence-electron chi connectivity index (χ0n) is 10.7.